The number of hydrogen-bond acceptors (Lipinski definition) is 6. The van der Waals surface area contributed by atoms with Gasteiger partial charge in [-0.3, -0.25) is 14.6 Å². The molecule has 1 fully saturated rings. The van der Waals surface area contributed by atoms with Gasteiger partial charge in [0, 0.05) is 35.7 Å². The van der Waals surface area contributed by atoms with Gasteiger partial charge in [0.05, 0.1) is 28.4 Å². The van der Waals surface area contributed by atoms with E-state index in [0.29, 0.717) is 41.0 Å². The van der Waals surface area contributed by atoms with E-state index in [-0.39, 0.29) is 18.1 Å². The summed E-state index contributed by atoms with van der Waals surface area (Å²) in [6, 6.07) is 18.6. The van der Waals surface area contributed by atoms with Crippen molar-refractivity contribution >= 4 is 33.9 Å². The molecule has 1 saturated heterocycles. The van der Waals surface area contributed by atoms with Crippen LogP contribution in [0.5, 0.6) is 0 Å². The summed E-state index contributed by atoms with van der Waals surface area (Å²) in [6.07, 6.45) is 2.15. The van der Waals surface area contributed by atoms with Gasteiger partial charge >= 0.3 is 0 Å². The standard InChI is InChI=1S/C27H25N3O3S/c1-17-29-25(19-7-3-2-4-8-19)26(34-17)27(33)30-16-14-23(32)21(30)12-13-22(31)20-11-5-9-18-10-6-15-28-24(18)20/h2-11,15,21,23,32H,12-14,16H2,1H3/t21-,23+/m1/s1. The summed E-state index contributed by atoms with van der Waals surface area (Å²) in [5, 5.41) is 12.4. The number of nitrogens with zero attached hydrogens (tertiary/aromatic N) is 3. The predicted molar refractivity (Wildman–Crippen MR) is 133 cm³/mol. The third kappa shape index (κ3) is 4.24. The maximum Gasteiger partial charge on any atom is 0.266 e. The molecule has 34 heavy (non-hydrogen) atoms. The number of likely N-dealkylation sites (tertiary alicyclic amines) is 1. The molecular weight excluding hydrogens is 446 g/mol. The first-order valence-corrected chi connectivity index (χ1v) is 12.2. The van der Waals surface area contributed by atoms with Crippen molar-refractivity contribution in [1.29, 1.82) is 0 Å². The molecule has 5 rings (SSSR count). The molecule has 0 saturated carbocycles. The van der Waals surface area contributed by atoms with Crippen molar-refractivity contribution in [3.8, 4) is 11.3 Å². The second-order valence-electron chi connectivity index (χ2n) is 8.54. The molecule has 6 nitrogen and oxygen atoms in total. The number of amides is 1. The monoisotopic (exact) mass is 471 g/mol. The number of para-hydroxylation sites is 1. The number of carbonyl (C=O) groups is 2. The lowest BCUT2D eigenvalue weighted by molar-refractivity contribution is 0.0616. The Balaban J connectivity index is 1.36. The van der Waals surface area contributed by atoms with Crippen LogP contribution < -0.4 is 0 Å². The molecule has 0 bridgehead atoms. The Morgan fingerprint density at radius 2 is 1.88 bits per heavy atom. The van der Waals surface area contributed by atoms with Crippen molar-refractivity contribution < 1.29 is 14.7 Å². The number of benzene rings is 2. The maximum atomic E-state index is 13.6. The number of Topliss-reactive ketones (excluding diaryl/α,β-unsaturated/α-hetero) is 1. The number of rotatable bonds is 6. The van der Waals surface area contributed by atoms with E-state index in [1.165, 1.54) is 11.3 Å². The zero-order chi connectivity index (χ0) is 23.7. The molecular formula is C27H25N3O3S. The minimum Gasteiger partial charge on any atom is -0.391 e. The highest BCUT2D eigenvalue weighted by atomic mass is 32.1. The van der Waals surface area contributed by atoms with Gasteiger partial charge in [-0.05, 0) is 31.9 Å². The van der Waals surface area contributed by atoms with E-state index in [1.54, 1.807) is 17.2 Å². The lowest BCUT2D eigenvalue weighted by Crippen LogP contribution is -2.39. The third-order valence-corrected chi connectivity index (χ3v) is 7.31. The molecule has 2 atom stereocenters. The fourth-order valence-corrected chi connectivity index (χ4v) is 5.57. The van der Waals surface area contributed by atoms with E-state index in [1.807, 2.05) is 61.5 Å². The summed E-state index contributed by atoms with van der Waals surface area (Å²) >= 11 is 1.37. The number of aromatic nitrogens is 2. The molecule has 0 radical (unpaired) electrons. The number of aliphatic hydroxyl groups excluding tert-OH is 1. The molecule has 0 spiro atoms. The van der Waals surface area contributed by atoms with Gasteiger partial charge in [0.25, 0.3) is 5.91 Å². The first kappa shape index (κ1) is 22.4. The lowest BCUT2D eigenvalue weighted by atomic mass is 9.98. The SMILES string of the molecule is Cc1nc(-c2ccccc2)c(C(=O)N2CC[C@H](O)[C@H]2CCC(=O)c2cccc3cccnc23)s1. The number of ketones is 1. The average Bonchev–Trinajstić information content (AvgIpc) is 3.44. The molecule has 0 unspecified atom stereocenters. The Labute approximate surface area is 201 Å². The summed E-state index contributed by atoms with van der Waals surface area (Å²) in [5.74, 6) is -0.167. The maximum absolute atomic E-state index is 13.6. The first-order valence-electron chi connectivity index (χ1n) is 11.4. The second kappa shape index (κ2) is 9.44. The molecule has 2 aromatic carbocycles. The number of aryl methyl sites for hydroxylation is 1. The highest BCUT2D eigenvalue weighted by molar-refractivity contribution is 7.14. The topological polar surface area (TPSA) is 83.4 Å². The molecule has 1 N–H and O–H groups in total. The fourth-order valence-electron chi connectivity index (χ4n) is 4.67. The van der Waals surface area contributed by atoms with Crippen LogP contribution in [0.15, 0.2) is 66.9 Å². The number of aliphatic hydroxyl groups is 1. The lowest BCUT2D eigenvalue weighted by Gasteiger charge is -2.26. The molecule has 7 heteroatoms. The zero-order valence-corrected chi connectivity index (χ0v) is 19.7. The van der Waals surface area contributed by atoms with Gasteiger partial charge in [-0.2, -0.15) is 0 Å². The summed E-state index contributed by atoms with van der Waals surface area (Å²) < 4.78 is 0. The predicted octanol–water partition coefficient (Wildman–Crippen LogP) is 4.91. The van der Waals surface area contributed by atoms with E-state index in [2.05, 4.69) is 9.97 Å². The smallest absolute Gasteiger partial charge is 0.266 e. The van der Waals surface area contributed by atoms with Crippen molar-refractivity contribution in [2.45, 2.75) is 38.3 Å². The van der Waals surface area contributed by atoms with Gasteiger partial charge in [-0.15, -0.1) is 11.3 Å². The van der Waals surface area contributed by atoms with Crippen molar-refractivity contribution in [3.05, 3.63) is 82.3 Å². The molecule has 3 heterocycles. The van der Waals surface area contributed by atoms with Gasteiger partial charge in [0.1, 0.15) is 4.88 Å². The second-order valence-corrected chi connectivity index (χ2v) is 9.74. The fraction of sp³-hybridized carbons (Fsp3) is 0.259. The minimum absolute atomic E-state index is 0.0330. The minimum atomic E-state index is -0.656. The Kier molecular flexibility index (Phi) is 6.22. The van der Waals surface area contributed by atoms with Crippen molar-refractivity contribution in [3.63, 3.8) is 0 Å². The van der Waals surface area contributed by atoms with Gasteiger partial charge in [0.2, 0.25) is 0 Å². The zero-order valence-electron chi connectivity index (χ0n) is 18.8. The van der Waals surface area contributed by atoms with Crippen molar-refractivity contribution in [1.82, 2.24) is 14.9 Å². The molecule has 172 valence electrons. The van der Waals surface area contributed by atoms with Crippen LogP contribution in [0.4, 0.5) is 0 Å². The summed E-state index contributed by atoms with van der Waals surface area (Å²) in [5.41, 5.74) is 2.83. The van der Waals surface area contributed by atoms with Crippen molar-refractivity contribution in [2.24, 2.45) is 0 Å². The van der Waals surface area contributed by atoms with Gasteiger partial charge in [0.15, 0.2) is 5.78 Å². The summed E-state index contributed by atoms with van der Waals surface area (Å²) in [6.45, 7) is 2.35. The van der Waals surface area contributed by atoms with Gasteiger partial charge in [-0.1, -0.05) is 48.5 Å². The largest absolute Gasteiger partial charge is 0.391 e. The molecule has 4 aromatic rings. The number of thiazole rings is 1. The van der Waals surface area contributed by atoms with E-state index >= 15 is 0 Å². The summed E-state index contributed by atoms with van der Waals surface area (Å²) in [7, 11) is 0. The number of carbonyl (C=O) groups excluding carboxylic acids is 2. The Bertz CT molecular complexity index is 1350. The Hall–Kier alpha value is -3.42. The van der Waals surface area contributed by atoms with E-state index in [9.17, 15) is 14.7 Å². The Morgan fingerprint density at radius 3 is 2.71 bits per heavy atom. The average molecular weight is 472 g/mol. The van der Waals surface area contributed by atoms with Crippen LogP contribution in [0.3, 0.4) is 0 Å². The quantitative estimate of drug-likeness (QED) is 0.404. The van der Waals surface area contributed by atoms with Crippen LogP contribution in [0.25, 0.3) is 22.2 Å². The molecule has 2 aromatic heterocycles. The molecule has 0 aliphatic carbocycles. The van der Waals surface area contributed by atoms with Crippen molar-refractivity contribution in [2.75, 3.05) is 6.54 Å². The molecule has 1 aliphatic heterocycles. The van der Waals surface area contributed by atoms with E-state index < -0.39 is 12.1 Å². The molecule has 1 amide bonds. The highest BCUT2D eigenvalue weighted by Gasteiger charge is 2.38. The number of pyridine rings is 1. The Morgan fingerprint density at radius 1 is 1.09 bits per heavy atom. The van der Waals surface area contributed by atoms with E-state index in [0.717, 1.165) is 16.0 Å². The van der Waals surface area contributed by atoms with Gasteiger partial charge in [-0.25, -0.2) is 4.98 Å². The van der Waals surface area contributed by atoms with Crippen LogP contribution in [0.2, 0.25) is 0 Å². The van der Waals surface area contributed by atoms with Crippen LogP contribution in [-0.4, -0.2) is 50.4 Å². The first-order chi connectivity index (χ1) is 16.5. The van der Waals surface area contributed by atoms with Crippen LogP contribution >= 0.6 is 11.3 Å². The van der Waals surface area contributed by atoms with Gasteiger partial charge < -0.3 is 10.0 Å². The van der Waals surface area contributed by atoms with Crippen LogP contribution in [-0.2, 0) is 0 Å². The normalized spacial score (nSPS) is 17.9. The number of hydrogen-bond donors (Lipinski definition) is 1. The molecule has 1 aliphatic rings. The van der Waals surface area contributed by atoms with E-state index in [4.69, 9.17) is 0 Å². The van der Waals surface area contributed by atoms with Crippen LogP contribution in [0.1, 0.15) is 44.3 Å². The van der Waals surface area contributed by atoms with Crippen LogP contribution in [0, 0.1) is 6.92 Å². The number of fused-ring (bicyclic) bond motifs is 1. The third-order valence-electron chi connectivity index (χ3n) is 6.35. The highest BCUT2D eigenvalue weighted by Crippen LogP contribution is 2.32. The summed E-state index contributed by atoms with van der Waals surface area (Å²) in [4.78, 5) is 38.0.